The van der Waals surface area contributed by atoms with Crippen LogP contribution in [0.5, 0.6) is 0 Å². The fourth-order valence-electron chi connectivity index (χ4n) is 5.60. The van der Waals surface area contributed by atoms with Crippen molar-refractivity contribution < 1.29 is 13.2 Å². The van der Waals surface area contributed by atoms with Gasteiger partial charge in [-0.2, -0.15) is 4.31 Å². The maximum Gasteiger partial charge on any atom is 0.243 e. The zero-order chi connectivity index (χ0) is 25.2. The Morgan fingerprint density at radius 3 is 2.29 bits per heavy atom. The molecule has 2 aromatic rings. The van der Waals surface area contributed by atoms with E-state index in [1.54, 1.807) is 6.07 Å². The van der Waals surface area contributed by atoms with E-state index in [2.05, 4.69) is 24.0 Å². The molecule has 1 saturated heterocycles. The molecule has 0 aromatic heterocycles. The third-order valence-electron chi connectivity index (χ3n) is 7.60. The van der Waals surface area contributed by atoms with Crippen LogP contribution in [0.2, 0.25) is 0 Å². The van der Waals surface area contributed by atoms with Crippen molar-refractivity contribution in [3.8, 4) is 0 Å². The number of carbonyl (C=O) groups excluding carboxylic acids is 1. The fraction of sp³-hybridized carbons (Fsp3) is 0.483. The molecule has 188 valence electrons. The molecule has 1 saturated carbocycles. The molecule has 2 aromatic carbocycles. The highest BCUT2D eigenvalue weighted by Gasteiger charge is 2.33. The van der Waals surface area contributed by atoms with Crippen molar-refractivity contribution in [2.75, 3.05) is 18.4 Å². The lowest BCUT2D eigenvalue weighted by Gasteiger charge is -2.31. The third kappa shape index (κ3) is 5.70. The summed E-state index contributed by atoms with van der Waals surface area (Å²) in [6.07, 6.45) is 7.34. The lowest BCUT2D eigenvalue weighted by molar-refractivity contribution is -0.120. The molecular formula is C29H38N2O3S. The third-order valence-corrected chi connectivity index (χ3v) is 9.66. The van der Waals surface area contributed by atoms with Gasteiger partial charge in [-0.3, -0.25) is 4.79 Å². The van der Waals surface area contributed by atoms with Gasteiger partial charge < -0.3 is 5.32 Å². The molecule has 1 aliphatic carbocycles. The fourth-order valence-corrected chi connectivity index (χ4v) is 7.28. The zero-order valence-corrected chi connectivity index (χ0v) is 22.1. The average Bonchev–Trinajstić information content (AvgIpc) is 2.84. The van der Waals surface area contributed by atoms with Gasteiger partial charge in [-0.15, -0.1) is 0 Å². The molecule has 2 aliphatic rings. The number of sulfonamides is 1. The number of hydrogen-bond acceptors (Lipinski definition) is 3. The van der Waals surface area contributed by atoms with Crippen molar-refractivity contribution in [2.45, 2.75) is 76.5 Å². The van der Waals surface area contributed by atoms with Gasteiger partial charge in [0.2, 0.25) is 15.9 Å². The number of nitrogens with one attached hydrogen (secondary N) is 1. The minimum Gasteiger partial charge on any atom is -0.326 e. The van der Waals surface area contributed by atoms with E-state index in [9.17, 15) is 13.2 Å². The van der Waals surface area contributed by atoms with Gasteiger partial charge in [-0.1, -0.05) is 55.2 Å². The number of rotatable bonds is 6. The van der Waals surface area contributed by atoms with Crippen molar-refractivity contribution in [1.29, 1.82) is 0 Å². The van der Waals surface area contributed by atoms with Gasteiger partial charge in [0, 0.05) is 24.7 Å². The summed E-state index contributed by atoms with van der Waals surface area (Å²) in [4.78, 5) is 13.4. The van der Waals surface area contributed by atoms with Gasteiger partial charge >= 0.3 is 0 Å². The van der Waals surface area contributed by atoms with Crippen LogP contribution in [0.15, 0.2) is 47.9 Å². The number of piperidine rings is 1. The first-order valence-corrected chi connectivity index (χ1v) is 14.3. The maximum atomic E-state index is 13.2. The van der Waals surface area contributed by atoms with Crippen LogP contribution < -0.4 is 5.32 Å². The number of anilines is 1. The first-order valence-electron chi connectivity index (χ1n) is 12.8. The highest BCUT2D eigenvalue weighted by Crippen LogP contribution is 2.37. The summed E-state index contributed by atoms with van der Waals surface area (Å²) in [6, 6.07) is 11.6. The second-order valence-electron chi connectivity index (χ2n) is 10.4. The van der Waals surface area contributed by atoms with Gasteiger partial charge in [-0.25, -0.2) is 8.42 Å². The Labute approximate surface area is 210 Å². The van der Waals surface area contributed by atoms with Crippen molar-refractivity contribution >= 4 is 27.2 Å². The topological polar surface area (TPSA) is 66.5 Å². The Kier molecular flexibility index (Phi) is 7.82. The highest BCUT2D eigenvalue weighted by atomic mass is 32.2. The summed E-state index contributed by atoms with van der Waals surface area (Å²) in [5.74, 6) is 0.335. The van der Waals surface area contributed by atoms with E-state index in [1.165, 1.54) is 42.0 Å². The predicted octanol–water partition coefficient (Wildman–Crippen LogP) is 6.42. The minimum atomic E-state index is -3.56. The van der Waals surface area contributed by atoms with E-state index >= 15 is 0 Å². The van der Waals surface area contributed by atoms with Crippen molar-refractivity contribution in [1.82, 2.24) is 4.31 Å². The molecule has 2 fully saturated rings. The van der Waals surface area contributed by atoms with Gasteiger partial charge in [0.25, 0.3) is 0 Å². The number of benzene rings is 2. The van der Waals surface area contributed by atoms with Crippen LogP contribution in [0.1, 0.15) is 80.0 Å². The van der Waals surface area contributed by atoms with Crippen LogP contribution in [0.4, 0.5) is 5.69 Å². The standard InChI is InChI=1S/C29H38N2O3S/c1-20(2)27-19-25(11-12-26(27)23-8-6-5-7-9-23)30-29(32)24-14-16-31(17-15-24)35(33,34)28-13-10-21(3)18-22(28)4/h10-13,18-19,23-24H,1,5-9,14-17H2,2-4H3,(H,30,32). The smallest absolute Gasteiger partial charge is 0.243 e. The predicted molar refractivity (Wildman–Crippen MR) is 143 cm³/mol. The highest BCUT2D eigenvalue weighted by molar-refractivity contribution is 7.89. The maximum absolute atomic E-state index is 13.2. The van der Waals surface area contributed by atoms with Gasteiger partial charge in [0.05, 0.1) is 4.90 Å². The number of allylic oxidation sites excluding steroid dienone is 1. The number of hydrogen-bond donors (Lipinski definition) is 1. The van der Waals surface area contributed by atoms with Crippen LogP contribution in [0, 0.1) is 19.8 Å². The lowest BCUT2D eigenvalue weighted by atomic mass is 9.81. The molecule has 0 atom stereocenters. The van der Waals surface area contributed by atoms with E-state index in [0.717, 1.165) is 28.0 Å². The normalized spacial score (nSPS) is 18.4. The quantitative estimate of drug-likeness (QED) is 0.504. The summed E-state index contributed by atoms with van der Waals surface area (Å²) in [5, 5.41) is 3.09. The van der Waals surface area contributed by atoms with E-state index in [-0.39, 0.29) is 11.8 Å². The molecular weight excluding hydrogens is 456 g/mol. The summed E-state index contributed by atoms with van der Waals surface area (Å²) in [6.45, 7) is 10.7. The summed E-state index contributed by atoms with van der Waals surface area (Å²) in [5.41, 5.74) is 6.10. The summed E-state index contributed by atoms with van der Waals surface area (Å²) < 4.78 is 27.9. The zero-order valence-electron chi connectivity index (χ0n) is 21.3. The molecule has 1 aliphatic heterocycles. The molecule has 4 rings (SSSR count). The molecule has 1 heterocycles. The van der Waals surface area contributed by atoms with Crippen molar-refractivity contribution in [2.24, 2.45) is 5.92 Å². The average molecular weight is 495 g/mol. The van der Waals surface area contributed by atoms with Gasteiger partial charge in [0.1, 0.15) is 0 Å². The van der Waals surface area contributed by atoms with E-state index < -0.39 is 10.0 Å². The Hall–Kier alpha value is -2.44. The summed E-state index contributed by atoms with van der Waals surface area (Å²) in [7, 11) is -3.56. The SMILES string of the molecule is C=C(C)c1cc(NC(=O)C2CCN(S(=O)(=O)c3ccc(C)cc3C)CC2)ccc1C1CCCCC1. The first kappa shape index (κ1) is 25.6. The van der Waals surface area contributed by atoms with Crippen molar-refractivity contribution in [3.05, 3.63) is 65.2 Å². The van der Waals surface area contributed by atoms with Gasteiger partial charge in [-0.05, 0) is 87.3 Å². The van der Waals surface area contributed by atoms with E-state index in [0.29, 0.717) is 36.7 Å². The molecule has 0 bridgehead atoms. The lowest BCUT2D eigenvalue weighted by Crippen LogP contribution is -2.41. The van der Waals surface area contributed by atoms with E-state index in [4.69, 9.17) is 0 Å². The van der Waals surface area contributed by atoms with Crippen LogP contribution in [0.25, 0.3) is 5.57 Å². The molecule has 1 N–H and O–H groups in total. The first-order chi connectivity index (χ1) is 16.7. The molecule has 0 unspecified atom stereocenters. The molecule has 0 radical (unpaired) electrons. The molecule has 1 amide bonds. The van der Waals surface area contributed by atoms with Crippen LogP contribution in [-0.2, 0) is 14.8 Å². The Bertz CT molecular complexity index is 1200. The number of carbonyl (C=O) groups is 1. The number of aryl methyl sites for hydroxylation is 2. The monoisotopic (exact) mass is 494 g/mol. The second-order valence-corrected chi connectivity index (χ2v) is 12.3. The van der Waals surface area contributed by atoms with Crippen LogP contribution in [-0.4, -0.2) is 31.7 Å². The van der Waals surface area contributed by atoms with E-state index in [1.807, 2.05) is 39.0 Å². The van der Waals surface area contributed by atoms with Gasteiger partial charge in [0.15, 0.2) is 0 Å². The van der Waals surface area contributed by atoms with Crippen molar-refractivity contribution in [3.63, 3.8) is 0 Å². The largest absolute Gasteiger partial charge is 0.326 e. The number of nitrogens with zero attached hydrogens (tertiary/aromatic N) is 1. The summed E-state index contributed by atoms with van der Waals surface area (Å²) >= 11 is 0. The van der Waals surface area contributed by atoms with Crippen LogP contribution in [0.3, 0.4) is 0 Å². The second kappa shape index (κ2) is 10.7. The molecule has 5 nitrogen and oxygen atoms in total. The van der Waals surface area contributed by atoms with Crippen LogP contribution >= 0.6 is 0 Å². The molecule has 0 spiro atoms. The Morgan fingerprint density at radius 1 is 0.971 bits per heavy atom. The number of amides is 1. The Balaban J connectivity index is 1.41. The Morgan fingerprint density at radius 2 is 1.66 bits per heavy atom. The minimum absolute atomic E-state index is 0.0355. The molecule has 35 heavy (non-hydrogen) atoms. The molecule has 6 heteroatoms.